The van der Waals surface area contributed by atoms with E-state index in [2.05, 4.69) is 226 Å². The minimum absolute atomic E-state index is 0.812. The van der Waals surface area contributed by atoms with Crippen LogP contribution in [0.4, 0.5) is 0 Å². The molecule has 0 fully saturated rings. The molecule has 2 heteroatoms. The lowest BCUT2D eigenvalue weighted by Crippen LogP contribution is -2.02. The van der Waals surface area contributed by atoms with Crippen LogP contribution in [0.2, 0.25) is 0 Å². The van der Waals surface area contributed by atoms with E-state index in [1.165, 1.54) is 50.1 Å². The zero-order valence-electron chi connectivity index (χ0n) is 34.9. The van der Waals surface area contributed by atoms with Gasteiger partial charge in [0.15, 0.2) is 0 Å². The number of hydrogen-bond acceptors (Lipinski definition) is 2. The molecular formula is C59H49NO. The molecule has 0 atom stereocenters. The molecule has 0 saturated carbocycles. The monoisotopic (exact) mass is 787 g/mol. The Labute approximate surface area is 359 Å². The van der Waals surface area contributed by atoms with Crippen molar-refractivity contribution in [2.24, 2.45) is 4.99 Å². The molecule has 0 spiro atoms. The minimum Gasteiger partial charge on any atom is -0.456 e. The number of hydrogen-bond donors (Lipinski definition) is 0. The van der Waals surface area contributed by atoms with Crippen LogP contribution in [0.15, 0.2) is 221 Å². The SMILES string of the molecule is CCC/C=C(\N=C(CC/C(C)=C\c1ccc(-c2ccc(-c3ccccc3)cc2)cc1)c1ccccc1)c1cccc2oc3ccc(-c4ccc(-c5ccccc5)cc4)cc3c12. The fraction of sp³-hybridized carbons (Fsp3) is 0.102. The van der Waals surface area contributed by atoms with E-state index in [0.29, 0.717) is 0 Å². The number of aliphatic imine (C=N–C) groups is 1. The fourth-order valence-corrected chi connectivity index (χ4v) is 8.17. The van der Waals surface area contributed by atoms with Crippen LogP contribution < -0.4 is 0 Å². The lowest BCUT2D eigenvalue weighted by atomic mass is 9.97. The molecule has 61 heavy (non-hydrogen) atoms. The molecule has 0 amide bonds. The molecule has 0 saturated heterocycles. The number of fused-ring (bicyclic) bond motifs is 3. The van der Waals surface area contributed by atoms with Crippen molar-refractivity contribution in [2.45, 2.75) is 39.5 Å². The van der Waals surface area contributed by atoms with Gasteiger partial charge in [-0.25, -0.2) is 0 Å². The standard InChI is InChI=1S/C59H49NO/c1-3-4-22-56(53-21-14-23-58-59(53)54-41-52(37-39-57(54)61-58)50-35-33-48(34-36-50)45-17-10-6-11-18-45)60-55(51-19-12-7-13-20-51)38-24-42(2)40-43-25-27-46(28-26-43)49-31-29-47(30-32-49)44-15-8-5-9-16-44/h5-23,25-37,39-41H,3-4,24,38H2,1-2H3/b42-40-,56-22-,60-55?. The van der Waals surface area contributed by atoms with Crippen molar-refractivity contribution < 1.29 is 4.42 Å². The van der Waals surface area contributed by atoms with E-state index >= 15 is 0 Å². The van der Waals surface area contributed by atoms with Gasteiger partial charge in [-0.05, 0) is 100 Å². The highest BCUT2D eigenvalue weighted by molar-refractivity contribution is 6.12. The molecule has 0 N–H and O–H groups in total. The lowest BCUT2D eigenvalue weighted by molar-refractivity contribution is 0.669. The van der Waals surface area contributed by atoms with Crippen molar-refractivity contribution in [1.82, 2.24) is 0 Å². The van der Waals surface area contributed by atoms with E-state index in [4.69, 9.17) is 9.41 Å². The maximum absolute atomic E-state index is 6.51. The second-order valence-corrected chi connectivity index (χ2v) is 15.8. The van der Waals surface area contributed by atoms with Gasteiger partial charge in [0.25, 0.3) is 0 Å². The van der Waals surface area contributed by atoms with E-state index in [9.17, 15) is 0 Å². The third-order valence-corrected chi connectivity index (χ3v) is 11.5. The second-order valence-electron chi connectivity index (χ2n) is 15.8. The lowest BCUT2D eigenvalue weighted by Gasteiger charge is -2.12. The first-order chi connectivity index (χ1) is 30.1. The molecule has 0 radical (unpaired) electrons. The summed E-state index contributed by atoms with van der Waals surface area (Å²) in [6.07, 6.45) is 8.28. The predicted octanol–water partition coefficient (Wildman–Crippen LogP) is 16.8. The molecule has 0 aliphatic carbocycles. The Balaban J connectivity index is 0.996. The van der Waals surface area contributed by atoms with E-state index in [0.717, 1.165) is 75.7 Å². The average molecular weight is 788 g/mol. The van der Waals surface area contributed by atoms with Crippen LogP contribution in [0.3, 0.4) is 0 Å². The van der Waals surface area contributed by atoms with Gasteiger partial charge in [0, 0.05) is 22.0 Å². The Kier molecular flexibility index (Phi) is 11.8. The van der Waals surface area contributed by atoms with Gasteiger partial charge in [-0.1, -0.05) is 213 Å². The van der Waals surface area contributed by atoms with Gasteiger partial charge in [-0.3, -0.25) is 4.99 Å². The van der Waals surface area contributed by atoms with Gasteiger partial charge in [0.2, 0.25) is 0 Å². The molecule has 296 valence electrons. The maximum Gasteiger partial charge on any atom is 0.136 e. The van der Waals surface area contributed by atoms with Gasteiger partial charge in [0.05, 0.1) is 5.70 Å². The van der Waals surface area contributed by atoms with Crippen molar-refractivity contribution >= 4 is 39.4 Å². The molecular weight excluding hydrogens is 739 g/mol. The third-order valence-electron chi connectivity index (χ3n) is 11.5. The summed E-state index contributed by atoms with van der Waals surface area (Å²) in [6, 6.07) is 71.2. The molecule has 8 aromatic carbocycles. The molecule has 0 aliphatic heterocycles. The Hall–Kier alpha value is -7.29. The minimum atomic E-state index is 0.812. The van der Waals surface area contributed by atoms with E-state index in [1.54, 1.807) is 0 Å². The van der Waals surface area contributed by atoms with Crippen molar-refractivity contribution in [3.63, 3.8) is 0 Å². The molecule has 9 rings (SSSR count). The van der Waals surface area contributed by atoms with Gasteiger partial charge in [-0.15, -0.1) is 0 Å². The van der Waals surface area contributed by atoms with Crippen LogP contribution in [0, 0.1) is 0 Å². The van der Waals surface area contributed by atoms with Crippen LogP contribution in [0.25, 0.3) is 78.2 Å². The molecule has 0 bridgehead atoms. The Morgan fingerprint density at radius 1 is 0.492 bits per heavy atom. The second kappa shape index (κ2) is 18.3. The normalized spacial score (nSPS) is 12.3. The van der Waals surface area contributed by atoms with Gasteiger partial charge >= 0.3 is 0 Å². The highest BCUT2D eigenvalue weighted by Gasteiger charge is 2.16. The first kappa shape index (κ1) is 39.2. The Morgan fingerprint density at radius 3 is 1.57 bits per heavy atom. The van der Waals surface area contributed by atoms with Crippen LogP contribution in [0.1, 0.15) is 56.2 Å². The van der Waals surface area contributed by atoms with Crippen molar-refractivity contribution in [1.29, 1.82) is 0 Å². The summed E-state index contributed by atoms with van der Waals surface area (Å²) < 4.78 is 6.51. The summed E-state index contributed by atoms with van der Waals surface area (Å²) in [4.78, 5) is 5.57. The first-order valence-electron chi connectivity index (χ1n) is 21.5. The van der Waals surface area contributed by atoms with E-state index < -0.39 is 0 Å². The largest absolute Gasteiger partial charge is 0.456 e. The predicted molar refractivity (Wildman–Crippen MR) is 261 cm³/mol. The number of rotatable bonds is 13. The summed E-state index contributed by atoms with van der Waals surface area (Å²) in [5, 5.41) is 2.20. The molecule has 1 aromatic heterocycles. The highest BCUT2D eigenvalue weighted by atomic mass is 16.3. The fourth-order valence-electron chi connectivity index (χ4n) is 8.17. The van der Waals surface area contributed by atoms with Crippen LogP contribution in [0.5, 0.6) is 0 Å². The van der Waals surface area contributed by atoms with Crippen LogP contribution >= 0.6 is 0 Å². The molecule has 1 heterocycles. The molecule has 2 nitrogen and oxygen atoms in total. The van der Waals surface area contributed by atoms with Crippen molar-refractivity contribution in [3.8, 4) is 44.5 Å². The van der Waals surface area contributed by atoms with E-state index in [1.807, 2.05) is 0 Å². The highest BCUT2D eigenvalue weighted by Crippen LogP contribution is 2.38. The average Bonchev–Trinajstić information content (AvgIpc) is 3.71. The number of unbranched alkanes of at least 4 members (excludes halogenated alkanes) is 1. The third kappa shape index (κ3) is 9.00. The van der Waals surface area contributed by atoms with E-state index in [-0.39, 0.29) is 0 Å². The maximum atomic E-state index is 6.51. The summed E-state index contributed by atoms with van der Waals surface area (Å²) in [6.45, 7) is 4.46. The topological polar surface area (TPSA) is 25.5 Å². The summed E-state index contributed by atoms with van der Waals surface area (Å²) >= 11 is 0. The quantitative estimate of drug-likeness (QED) is 0.107. The smallest absolute Gasteiger partial charge is 0.136 e. The summed E-state index contributed by atoms with van der Waals surface area (Å²) in [5.41, 5.74) is 18.2. The molecule has 0 unspecified atom stereocenters. The van der Waals surface area contributed by atoms with Gasteiger partial charge in [0.1, 0.15) is 11.2 Å². The van der Waals surface area contributed by atoms with Crippen LogP contribution in [-0.2, 0) is 0 Å². The first-order valence-corrected chi connectivity index (χ1v) is 21.5. The number of benzene rings is 8. The van der Waals surface area contributed by atoms with Gasteiger partial charge < -0.3 is 4.42 Å². The van der Waals surface area contributed by atoms with Crippen LogP contribution in [-0.4, -0.2) is 5.71 Å². The Bertz CT molecular complexity index is 2970. The van der Waals surface area contributed by atoms with Gasteiger partial charge in [-0.2, -0.15) is 0 Å². The molecule has 0 aliphatic rings. The number of allylic oxidation sites excluding steroid dienone is 2. The molecule has 9 aromatic rings. The van der Waals surface area contributed by atoms with Crippen molar-refractivity contribution in [2.75, 3.05) is 0 Å². The summed E-state index contributed by atoms with van der Waals surface area (Å²) in [5.74, 6) is 0. The zero-order valence-corrected chi connectivity index (χ0v) is 34.9. The number of nitrogens with zero attached hydrogens (tertiary/aromatic N) is 1. The summed E-state index contributed by atoms with van der Waals surface area (Å²) in [7, 11) is 0. The van der Waals surface area contributed by atoms with Crippen molar-refractivity contribution in [3.05, 3.63) is 229 Å². The zero-order chi connectivity index (χ0) is 41.4. The Morgan fingerprint density at radius 2 is 1.00 bits per heavy atom. The number of furan rings is 1.